The van der Waals surface area contributed by atoms with E-state index in [0.29, 0.717) is 25.1 Å². The highest BCUT2D eigenvalue weighted by atomic mass is 32.1. The van der Waals surface area contributed by atoms with Crippen molar-refractivity contribution in [2.45, 2.75) is 25.2 Å². The molecule has 5 nitrogen and oxygen atoms in total. The predicted octanol–water partition coefficient (Wildman–Crippen LogP) is 4.51. The first-order valence-electron chi connectivity index (χ1n) is 9.77. The molecule has 0 saturated carbocycles. The number of thiophene rings is 1. The lowest BCUT2D eigenvalue weighted by molar-refractivity contribution is 0.100. The van der Waals surface area contributed by atoms with Crippen LogP contribution in [0.4, 0.5) is 5.69 Å². The second-order valence-corrected chi connectivity index (χ2v) is 8.03. The highest BCUT2D eigenvalue weighted by molar-refractivity contribution is 7.12. The third-order valence-corrected chi connectivity index (χ3v) is 5.67. The van der Waals surface area contributed by atoms with E-state index in [-0.39, 0.29) is 6.10 Å². The minimum atomic E-state index is 0.118. The van der Waals surface area contributed by atoms with Crippen molar-refractivity contribution >= 4 is 22.9 Å². The van der Waals surface area contributed by atoms with Crippen LogP contribution in [-0.2, 0) is 11.3 Å². The van der Waals surface area contributed by atoms with Crippen LogP contribution in [0.3, 0.4) is 0 Å². The van der Waals surface area contributed by atoms with Crippen molar-refractivity contribution in [3.63, 3.8) is 0 Å². The lowest BCUT2D eigenvalue weighted by Crippen LogP contribution is -2.26. The highest BCUT2D eigenvalue weighted by Crippen LogP contribution is 2.22. The Balaban J connectivity index is 1.24. The molecule has 3 N–H and O–H groups in total. The van der Waals surface area contributed by atoms with Gasteiger partial charge in [-0.15, -0.1) is 11.3 Å². The lowest BCUT2D eigenvalue weighted by atomic mass is 10.2. The summed E-state index contributed by atoms with van der Waals surface area (Å²) in [5, 5.41) is 16.8. The number of rotatable bonds is 8. The van der Waals surface area contributed by atoms with Gasteiger partial charge in [-0.25, -0.2) is 0 Å². The molecule has 0 aliphatic carbocycles. The number of nitrogens with one attached hydrogen (secondary N) is 3. The fraction of sp³-hybridized carbons (Fsp3) is 0.261. The van der Waals surface area contributed by atoms with Crippen LogP contribution in [0.5, 0.6) is 5.75 Å². The van der Waals surface area contributed by atoms with Crippen molar-refractivity contribution in [1.82, 2.24) is 5.32 Å². The van der Waals surface area contributed by atoms with Gasteiger partial charge in [-0.05, 0) is 29.1 Å². The molecule has 1 aromatic heterocycles. The molecule has 2 aromatic carbocycles. The average molecular weight is 408 g/mol. The van der Waals surface area contributed by atoms with Gasteiger partial charge in [0.15, 0.2) is 0 Å². The van der Waals surface area contributed by atoms with Gasteiger partial charge in [-0.1, -0.05) is 42.5 Å². The Morgan fingerprint density at radius 3 is 2.83 bits per heavy atom. The van der Waals surface area contributed by atoms with E-state index in [1.54, 1.807) is 11.3 Å². The van der Waals surface area contributed by atoms with Crippen molar-refractivity contribution in [2.75, 3.05) is 18.5 Å². The van der Waals surface area contributed by atoms with Crippen LogP contribution in [-0.4, -0.2) is 31.1 Å². The van der Waals surface area contributed by atoms with Gasteiger partial charge in [0.2, 0.25) is 0 Å². The summed E-state index contributed by atoms with van der Waals surface area (Å²) in [6, 6.07) is 22.2. The van der Waals surface area contributed by atoms with E-state index in [2.05, 4.69) is 22.8 Å². The monoisotopic (exact) mass is 407 g/mol. The Labute approximate surface area is 175 Å². The number of anilines is 1. The van der Waals surface area contributed by atoms with Crippen LogP contribution in [0, 0.1) is 5.41 Å². The number of hydrogen-bond acceptors (Lipinski definition) is 5. The fourth-order valence-electron chi connectivity index (χ4n) is 3.36. The Morgan fingerprint density at radius 1 is 1.10 bits per heavy atom. The summed E-state index contributed by atoms with van der Waals surface area (Å²) in [4.78, 5) is 0.912. The fourth-order valence-corrected chi connectivity index (χ4v) is 3.99. The van der Waals surface area contributed by atoms with Crippen LogP contribution in [0.1, 0.15) is 16.9 Å². The van der Waals surface area contributed by atoms with Gasteiger partial charge >= 0.3 is 0 Å². The second kappa shape index (κ2) is 9.69. The van der Waals surface area contributed by atoms with Crippen molar-refractivity contribution in [1.29, 1.82) is 5.41 Å². The van der Waals surface area contributed by atoms with E-state index in [4.69, 9.17) is 14.9 Å². The zero-order valence-corrected chi connectivity index (χ0v) is 17.0. The maximum Gasteiger partial charge on any atom is 0.140 e. The van der Waals surface area contributed by atoms with Crippen LogP contribution in [0.25, 0.3) is 0 Å². The summed E-state index contributed by atoms with van der Waals surface area (Å²) >= 11 is 1.55. The topological polar surface area (TPSA) is 66.4 Å². The molecule has 1 saturated heterocycles. The van der Waals surface area contributed by atoms with Gasteiger partial charge in [-0.2, -0.15) is 0 Å². The van der Waals surface area contributed by atoms with E-state index in [0.717, 1.165) is 29.3 Å². The smallest absolute Gasteiger partial charge is 0.140 e. The van der Waals surface area contributed by atoms with E-state index < -0.39 is 0 Å². The molecule has 2 atom stereocenters. The Hall–Kier alpha value is -2.67. The molecule has 6 heteroatoms. The second-order valence-electron chi connectivity index (χ2n) is 7.09. The van der Waals surface area contributed by atoms with Crippen molar-refractivity contribution in [3.8, 4) is 5.75 Å². The predicted molar refractivity (Wildman–Crippen MR) is 118 cm³/mol. The van der Waals surface area contributed by atoms with Gasteiger partial charge in [0, 0.05) is 30.8 Å². The number of amidine groups is 1. The average Bonchev–Trinajstić information content (AvgIpc) is 3.42. The molecule has 0 unspecified atom stereocenters. The number of hydrogen-bond donors (Lipinski definition) is 3. The normalized spacial score (nSPS) is 18.5. The van der Waals surface area contributed by atoms with Crippen LogP contribution >= 0.6 is 11.3 Å². The summed E-state index contributed by atoms with van der Waals surface area (Å²) in [7, 11) is 0. The van der Waals surface area contributed by atoms with Gasteiger partial charge in [-0.3, -0.25) is 5.41 Å². The van der Waals surface area contributed by atoms with Crippen LogP contribution in [0.2, 0.25) is 0 Å². The van der Waals surface area contributed by atoms with E-state index in [1.807, 2.05) is 60.0 Å². The maximum atomic E-state index is 8.17. The largest absolute Gasteiger partial charge is 0.489 e. The highest BCUT2D eigenvalue weighted by Gasteiger charge is 2.25. The molecule has 0 amide bonds. The van der Waals surface area contributed by atoms with E-state index >= 15 is 0 Å². The Kier molecular flexibility index (Phi) is 6.56. The van der Waals surface area contributed by atoms with Crippen molar-refractivity contribution in [3.05, 3.63) is 82.6 Å². The van der Waals surface area contributed by atoms with Crippen LogP contribution in [0.15, 0.2) is 72.1 Å². The maximum absolute atomic E-state index is 8.17. The molecule has 3 aromatic rings. The summed E-state index contributed by atoms with van der Waals surface area (Å²) in [5.74, 6) is 1.21. The van der Waals surface area contributed by atoms with Crippen molar-refractivity contribution < 1.29 is 9.47 Å². The Bertz CT molecular complexity index is 915. The first kappa shape index (κ1) is 19.6. The summed E-state index contributed by atoms with van der Waals surface area (Å²) in [6.07, 6.45) is 1.03. The molecular weight excluding hydrogens is 382 g/mol. The third-order valence-electron chi connectivity index (χ3n) is 4.79. The van der Waals surface area contributed by atoms with Gasteiger partial charge in [0.05, 0.1) is 18.1 Å². The molecule has 1 aliphatic rings. The van der Waals surface area contributed by atoms with Gasteiger partial charge in [0.25, 0.3) is 0 Å². The zero-order chi connectivity index (χ0) is 19.9. The van der Waals surface area contributed by atoms with E-state index in [9.17, 15) is 0 Å². The summed E-state index contributed by atoms with van der Waals surface area (Å²) in [6.45, 7) is 2.12. The SMILES string of the molecule is N=C(Nc1cccc(O[C@H]2CN[C@H](COCc3ccccc3)C2)c1)c1cccs1. The minimum Gasteiger partial charge on any atom is -0.489 e. The molecule has 4 rings (SSSR count). The summed E-state index contributed by atoms with van der Waals surface area (Å²) < 4.78 is 12.0. The number of benzene rings is 2. The first-order valence-corrected chi connectivity index (χ1v) is 10.7. The third kappa shape index (κ3) is 5.67. The van der Waals surface area contributed by atoms with E-state index in [1.165, 1.54) is 5.56 Å². The molecule has 0 spiro atoms. The molecule has 1 fully saturated rings. The van der Waals surface area contributed by atoms with Gasteiger partial charge < -0.3 is 20.1 Å². The zero-order valence-electron chi connectivity index (χ0n) is 16.1. The molecule has 0 bridgehead atoms. The van der Waals surface area contributed by atoms with Crippen molar-refractivity contribution in [2.24, 2.45) is 0 Å². The molecular formula is C23H25N3O2S. The van der Waals surface area contributed by atoms with Crippen LogP contribution < -0.4 is 15.4 Å². The first-order chi connectivity index (χ1) is 14.3. The molecule has 29 heavy (non-hydrogen) atoms. The van der Waals surface area contributed by atoms with Gasteiger partial charge in [0.1, 0.15) is 17.7 Å². The lowest BCUT2D eigenvalue weighted by Gasteiger charge is -2.15. The minimum absolute atomic E-state index is 0.118. The number of ether oxygens (including phenoxy) is 2. The molecule has 150 valence electrons. The summed E-state index contributed by atoms with van der Waals surface area (Å²) in [5.41, 5.74) is 2.05. The molecule has 2 heterocycles. The molecule has 0 radical (unpaired) electrons. The molecule has 1 aliphatic heterocycles. The Morgan fingerprint density at radius 2 is 2.00 bits per heavy atom. The standard InChI is InChI=1S/C23H25N3O2S/c24-23(22-10-5-11-29-22)26-18-8-4-9-20(12-18)28-21-13-19(25-14-21)16-27-15-17-6-2-1-3-7-17/h1-12,19,21,25H,13-16H2,(H2,24,26)/t19-,21+/m0/s1. The quantitative estimate of drug-likeness (QED) is 0.380.